The summed E-state index contributed by atoms with van der Waals surface area (Å²) in [5, 5.41) is 7.45. The van der Waals surface area contributed by atoms with E-state index in [1.807, 2.05) is 19.1 Å². The molecule has 2 aromatic heterocycles. The first kappa shape index (κ1) is 17.3. The number of thiazole rings is 1. The molecule has 23 heavy (non-hydrogen) atoms. The fourth-order valence-corrected chi connectivity index (χ4v) is 2.49. The Balaban J connectivity index is 1.88. The molecule has 0 aromatic carbocycles. The number of alkyl halides is 3. The fourth-order valence-electron chi connectivity index (χ4n) is 1.76. The number of halogens is 3. The van der Waals surface area contributed by atoms with Gasteiger partial charge in [-0.05, 0) is 19.1 Å². The molecule has 0 saturated carbocycles. The number of guanidine groups is 1. The summed E-state index contributed by atoms with van der Waals surface area (Å²) in [5.74, 6) is 1.38. The van der Waals surface area contributed by atoms with Crippen LogP contribution in [0.3, 0.4) is 0 Å². The molecule has 0 aliphatic heterocycles. The van der Waals surface area contributed by atoms with Crippen molar-refractivity contribution in [1.82, 2.24) is 15.6 Å². The van der Waals surface area contributed by atoms with Gasteiger partial charge in [-0.25, -0.2) is 9.98 Å². The molecule has 0 bridgehead atoms. The van der Waals surface area contributed by atoms with E-state index in [0.29, 0.717) is 30.5 Å². The third kappa shape index (κ3) is 5.59. The standard InChI is InChI=1S/C14H17F3N4OS/c1-2-18-13(19-6-5-10-4-3-7-22-10)20-8-12-21-11(9-23-12)14(15,16)17/h3-4,7,9H,2,5-6,8H2,1H3,(H2,18,19,20). The Morgan fingerprint density at radius 3 is 2.83 bits per heavy atom. The molecule has 0 radical (unpaired) electrons. The van der Waals surface area contributed by atoms with Crippen molar-refractivity contribution < 1.29 is 17.6 Å². The molecule has 5 nitrogen and oxygen atoms in total. The van der Waals surface area contributed by atoms with Crippen molar-refractivity contribution in [3.8, 4) is 0 Å². The molecule has 0 unspecified atom stereocenters. The van der Waals surface area contributed by atoms with Crippen LogP contribution in [0.1, 0.15) is 23.4 Å². The molecule has 0 fully saturated rings. The molecule has 126 valence electrons. The van der Waals surface area contributed by atoms with Crippen LogP contribution in [0.4, 0.5) is 13.2 Å². The van der Waals surface area contributed by atoms with E-state index in [2.05, 4.69) is 20.6 Å². The summed E-state index contributed by atoms with van der Waals surface area (Å²) >= 11 is 0.950. The molecule has 2 aromatic rings. The average molecular weight is 346 g/mol. The second-order valence-corrected chi connectivity index (χ2v) is 5.52. The van der Waals surface area contributed by atoms with Crippen LogP contribution in [-0.2, 0) is 19.1 Å². The predicted octanol–water partition coefficient (Wildman–Crippen LogP) is 3.05. The highest BCUT2D eigenvalue weighted by Crippen LogP contribution is 2.30. The maximum absolute atomic E-state index is 12.5. The van der Waals surface area contributed by atoms with Gasteiger partial charge < -0.3 is 15.1 Å². The highest BCUT2D eigenvalue weighted by atomic mass is 32.1. The molecular weight excluding hydrogens is 329 g/mol. The van der Waals surface area contributed by atoms with E-state index >= 15 is 0 Å². The third-order valence-electron chi connectivity index (χ3n) is 2.80. The number of rotatable bonds is 6. The Morgan fingerprint density at radius 2 is 2.22 bits per heavy atom. The zero-order valence-electron chi connectivity index (χ0n) is 12.5. The van der Waals surface area contributed by atoms with Gasteiger partial charge in [0.15, 0.2) is 11.7 Å². The van der Waals surface area contributed by atoms with Gasteiger partial charge in [-0.3, -0.25) is 0 Å². The molecular formula is C14H17F3N4OS. The van der Waals surface area contributed by atoms with Gasteiger partial charge in [0.25, 0.3) is 0 Å². The second kappa shape index (κ2) is 8.00. The van der Waals surface area contributed by atoms with E-state index in [1.165, 1.54) is 0 Å². The molecule has 0 saturated heterocycles. The topological polar surface area (TPSA) is 62.5 Å². The predicted molar refractivity (Wildman–Crippen MR) is 82.3 cm³/mol. The number of nitrogens with one attached hydrogen (secondary N) is 2. The summed E-state index contributed by atoms with van der Waals surface area (Å²) in [5.41, 5.74) is -0.872. The molecule has 2 heterocycles. The van der Waals surface area contributed by atoms with Crippen LogP contribution in [0, 0.1) is 0 Å². The van der Waals surface area contributed by atoms with Crippen LogP contribution in [-0.4, -0.2) is 24.0 Å². The highest BCUT2D eigenvalue weighted by Gasteiger charge is 2.33. The summed E-state index contributed by atoms with van der Waals surface area (Å²) in [6.07, 6.45) is -2.12. The molecule has 0 aliphatic carbocycles. The van der Waals surface area contributed by atoms with Gasteiger partial charge in [-0.2, -0.15) is 13.2 Å². The maximum atomic E-state index is 12.5. The second-order valence-electron chi connectivity index (χ2n) is 4.58. The monoisotopic (exact) mass is 346 g/mol. The summed E-state index contributed by atoms with van der Waals surface area (Å²) in [4.78, 5) is 7.79. The normalized spacial score (nSPS) is 12.4. The van der Waals surface area contributed by atoms with Gasteiger partial charge in [0.1, 0.15) is 10.8 Å². The number of aliphatic imine (C=N–C) groups is 1. The first-order chi connectivity index (χ1) is 11.0. The van der Waals surface area contributed by atoms with Crippen molar-refractivity contribution in [2.45, 2.75) is 26.1 Å². The summed E-state index contributed by atoms with van der Waals surface area (Å²) in [6.45, 7) is 3.26. The van der Waals surface area contributed by atoms with Gasteiger partial charge in [0.2, 0.25) is 0 Å². The van der Waals surface area contributed by atoms with Crippen molar-refractivity contribution in [3.63, 3.8) is 0 Å². The lowest BCUT2D eigenvalue weighted by Crippen LogP contribution is -2.38. The first-order valence-electron chi connectivity index (χ1n) is 7.05. The zero-order chi connectivity index (χ0) is 16.7. The summed E-state index contributed by atoms with van der Waals surface area (Å²) in [7, 11) is 0. The Kier molecular flexibility index (Phi) is 6.03. The van der Waals surface area contributed by atoms with Crippen LogP contribution in [0.15, 0.2) is 33.2 Å². The van der Waals surface area contributed by atoms with Gasteiger partial charge >= 0.3 is 6.18 Å². The van der Waals surface area contributed by atoms with E-state index in [4.69, 9.17) is 4.42 Å². The molecule has 0 aliphatic rings. The smallest absolute Gasteiger partial charge is 0.434 e. The molecule has 0 spiro atoms. The van der Waals surface area contributed by atoms with E-state index in [-0.39, 0.29) is 6.54 Å². The Bertz CT molecular complexity index is 622. The van der Waals surface area contributed by atoms with Gasteiger partial charge in [-0.15, -0.1) is 11.3 Å². The zero-order valence-corrected chi connectivity index (χ0v) is 13.3. The van der Waals surface area contributed by atoms with Crippen LogP contribution in [0.5, 0.6) is 0 Å². The molecule has 0 amide bonds. The fraction of sp³-hybridized carbons (Fsp3) is 0.429. The van der Waals surface area contributed by atoms with E-state index in [9.17, 15) is 13.2 Å². The largest absolute Gasteiger partial charge is 0.469 e. The molecule has 2 rings (SSSR count). The lowest BCUT2D eigenvalue weighted by atomic mass is 10.3. The molecule has 0 atom stereocenters. The van der Waals surface area contributed by atoms with Crippen molar-refractivity contribution >= 4 is 17.3 Å². The lowest BCUT2D eigenvalue weighted by Gasteiger charge is -2.10. The van der Waals surface area contributed by atoms with Gasteiger partial charge in [-0.1, -0.05) is 0 Å². The van der Waals surface area contributed by atoms with Crippen molar-refractivity contribution in [2.24, 2.45) is 4.99 Å². The maximum Gasteiger partial charge on any atom is 0.434 e. The van der Waals surface area contributed by atoms with E-state index < -0.39 is 11.9 Å². The van der Waals surface area contributed by atoms with E-state index in [1.54, 1.807) is 6.26 Å². The summed E-state index contributed by atoms with van der Waals surface area (Å²) in [6, 6.07) is 3.69. The van der Waals surface area contributed by atoms with Crippen LogP contribution in [0.25, 0.3) is 0 Å². The lowest BCUT2D eigenvalue weighted by molar-refractivity contribution is -0.140. The Labute approximate surface area is 135 Å². The quantitative estimate of drug-likeness (QED) is 0.623. The van der Waals surface area contributed by atoms with Crippen LogP contribution in [0.2, 0.25) is 0 Å². The molecule has 2 N–H and O–H groups in total. The van der Waals surface area contributed by atoms with Crippen molar-refractivity contribution in [1.29, 1.82) is 0 Å². The summed E-state index contributed by atoms with van der Waals surface area (Å²) < 4.78 is 42.7. The minimum absolute atomic E-state index is 0.0941. The van der Waals surface area contributed by atoms with Crippen molar-refractivity contribution in [2.75, 3.05) is 13.1 Å². The van der Waals surface area contributed by atoms with Gasteiger partial charge in [0, 0.05) is 24.9 Å². The Hall–Kier alpha value is -2.03. The number of nitrogens with zero attached hydrogens (tertiary/aromatic N) is 2. The van der Waals surface area contributed by atoms with E-state index in [0.717, 1.165) is 22.5 Å². The number of furan rings is 1. The number of hydrogen-bond acceptors (Lipinski definition) is 4. The highest BCUT2D eigenvalue weighted by molar-refractivity contribution is 7.09. The SMILES string of the molecule is CCNC(=NCc1nc(C(F)(F)F)cs1)NCCc1ccco1. The Morgan fingerprint density at radius 1 is 1.39 bits per heavy atom. The number of hydrogen-bond donors (Lipinski definition) is 2. The van der Waals surface area contributed by atoms with Crippen LogP contribution >= 0.6 is 11.3 Å². The third-order valence-corrected chi connectivity index (χ3v) is 3.64. The van der Waals surface area contributed by atoms with Crippen LogP contribution < -0.4 is 10.6 Å². The number of aromatic nitrogens is 1. The minimum Gasteiger partial charge on any atom is -0.469 e. The average Bonchev–Trinajstić information content (AvgIpc) is 3.15. The first-order valence-corrected chi connectivity index (χ1v) is 7.93. The van der Waals surface area contributed by atoms with Crippen molar-refractivity contribution in [3.05, 3.63) is 40.2 Å². The minimum atomic E-state index is -4.41. The molecule has 9 heteroatoms. The van der Waals surface area contributed by atoms with Gasteiger partial charge in [0.05, 0.1) is 12.8 Å².